The average Bonchev–Trinajstić information content (AvgIpc) is 2.22. The maximum atomic E-state index is 10.5. The average molecular weight is 225 g/mol. The number of likely N-dealkylation sites (N-methyl/N-ethyl adjacent to an activating group) is 1. The van der Waals surface area contributed by atoms with Gasteiger partial charge in [-0.25, -0.2) is 0 Å². The molecule has 16 heavy (non-hydrogen) atoms. The quantitative estimate of drug-likeness (QED) is 0.777. The molecule has 2 heteroatoms. The monoisotopic (exact) mass is 225 g/mol. The van der Waals surface area contributed by atoms with Crippen molar-refractivity contribution >= 4 is 0 Å². The molecule has 0 aromatic heterocycles. The molecule has 0 heterocycles. The number of rotatable bonds is 5. The van der Waals surface area contributed by atoms with Gasteiger partial charge in [-0.2, -0.15) is 0 Å². The molecule has 1 N–H and O–H groups in total. The summed E-state index contributed by atoms with van der Waals surface area (Å²) in [5, 5.41) is 10.5. The Kier molecular flexibility index (Phi) is 4.26. The first-order valence-electron chi connectivity index (χ1n) is 7.16. The Labute approximate surface area is 100 Å². The Morgan fingerprint density at radius 3 is 2.31 bits per heavy atom. The van der Waals surface area contributed by atoms with Crippen molar-refractivity contribution in [1.82, 2.24) is 4.90 Å². The first kappa shape index (κ1) is 12.4. The largest absolute Gasteiger partial charge is 0.389 e. The summed E-state index contributed by atoms with van der Waals surface area (Å²) in [4.78, 5) is 2.48. The van der Waals surface area contributed by atoms with Crippen molar-refractivity contribution in [1.29, 1.82) is 0 Å². The minimum Gasteiger partial charge on any atom is -0.389 e. The summed E-state index contributed by atoms with van der Waals surface area (Å²) in [7, 11) is 0. The second-order valence-electron chi connectivity index (χ2n) is 5.91. The fourth-order valence-electron chi connectivity index (χ4n) is 3.13. The standard InChI is InChI=1S/C14H27NO/c1-2-15(11-13-7-6-8-13)12-14(16)9-4-3-5-10-14/h13,16H,2-12H2,1H3. The van der Waals surface area contributed by atoms with E-state index in [1.807, 2.05) is 0 Å². The van der Waals surface area contributed by atoms with E-state index in [2.05, 4.69) is 11.8 Å². The van der Waals surface area contributed by atoms with Gasteiger partial charge in [-0.15, -0.1) is 0 Å². The highest BCUT2D eigenvalue weighted by atomic mass is 16.3. The van der Waals surface area contributed by atoms with Crippen LogP contribution in [0.4, 0.5) is 0 Å². The number of hydrogen-bond donors (Lipinski definition) is 1. The van der Waals surface area contributed by atoms with Gasteiger partial charge in [0.1, 0.15) is 0 Å². The Morgan fingerprint density at radius 2 is 1.81 bits per heavy atom. The summed E-state index contributed by atoms with van der Waals surface area (Å²) in [6, 6.07) is 0. The van der Waals surface area contributed by atoms with E-state index in [-0.39, 0.29) is 5.60 Å². The highest BCUT2D eigenvalue weighted by molar-refractivity contribution is 4.86. The molecule has 0 aromatic carbocycles. The SMILES string of the molecule is CCN(CC1CCC1)CC1(O)CCCCC1. The molecular formula is C14H27NO. The summed E-state index contributed by atoms with van der Waals surface area (Å²) in [5.74, 6) is 0.923. The fraction of sp³-hybridized carbons (Fsp3) is 1.00. The lowest BCUT2D eigenvalue weighted by Crippen LogP contribution is -2.46. The first-order chi connectivity index (χ1) is 7.72. The molecule has 2 aliphatic carbocycles. The molecule has 2 aliphatic rings. The molecule has 0 spiro atoms. The molecule has 0 aromatic rings. The number of hydrogen-bond acceptors (Lipinski definition) is 2. The van der Waals surface area contributed by atoms with E-state index in [0.29, 0.717) is 0 Å². The summed E-state index contributed by atoms with van der Waals surface area (Å²) in [6.07, 6.45) is 10.0. The van der Waals surface area contributed by atoms with Crippen LogP contribution in [0.2, 0.25) is 0 Å². The minimum atomic E-state index is -0.363. The van der Waals surface area contributed by atoms with E-state index in [1.165, 1.54) is 45.1 Å². The van der Waals surface area contributed by atoms with E-state index in [1.54, 1.807) is 0 Å². The van der Waals surface area contributed by atoms with Crippen LogP contribution in [0, 0.1) is 5.92 Å². The molecule has 2 nitrogen and oxygen atoms in total. The van der Waals surface area contributed by atoms with E-state index in [9.17, 15) is 5.11 Å². The van der Waals surface area contributed by atoms with E-state index < -0.39 is 0 Å². The van der Waals surface area contributed by atoms with Crippen molar-refractivity contribution in [2.75, 3.05) is 19.6 Å². The van der Waals surface area contributed by atoms with Crippen LogP contribution in [-0.2, 0) is 0 Å². The molecule has 0 saturated heterocycles. The predicted octanol–water partition coefficient (Wildman–Crippen LogP) is 2.80. The molecule has 0 amide bonds. The number of aliphatic hydroxyl groups is 1. The van der Waals surface area contributed by atoms with E-state index in [0.717, 1.165) is 31.8 Å². The van der Waals surface area contributed by atoms with Crippen molar-refractivity contribution in [3.63, 3.8) is 0 Å². The van der Waals surface area contributed by atoms with Crippen molar-refractivity contribution < 1.29 is 5.11 Å². The summed E-state index contributed by atoms with van der Waals surface area (Å²) >= 11 is 0. The zero-order valence-electron chi connectivity index (χ0n) is 10.7. The molecule has 2 saturated carbocycles. The lowest BCUT2D eigenvalue weighted by Gasteiger charge is -2.39. The third-order valence-corrected chi connectivity index (χ3v) is 4.49. The van der Waals surface area contributed by atoms with Crippen molar-refractivity contribution in [2.24, 2.45) is 5.92 Å². The molecule has 2 rings (SSSR count). The summed E-state index contributed by atoms with van der Waals surface area (Å²) in [6.45, 7) is 5.46. The van der Waals surface area contributed by atoms with Gasteiger partial charge in [-0.05, 0) is 38.1 Å². The van der Waals surface area contributed by atoms with Crippen LogP contribution < -0.4 is 0 Å². The van der Waals surface area contributed by atoms with Gasteiger partial charge in [0.15, 0.2) is 0 Å². The van der Waals surface area contributed by atoms with Crippen LogP contribution in [0.1, 0.15) is 58.3 Å². The van der Waals surface area contributed by atoms with Crippen LogP contribution in [0.5, 0.6) is 0 Å². The smallest absolute Gasteiger partial charge is 0.0774 e. The zero-order chi connectivity index (χ0) is 11.4. The van der Waals surface area contributed by atoms with Gasteiger partial charge in [0.2, 0.25) is 0 Å². The Bertz CT molecular complexity index is 207. The molecule has 0 bridgehead atoms. The molecule has 0 aliphatic heterocycles. The van der Waals surface area contributed by atoms with Gasteiger partial charge in [-0.1, -0.05) is 32.6 Å². The van der Waals surface area contributed by atoms with Gasteiger partial charge in [-0.3, -0.25) is 0 Å². The van der Waals surface area contributed by atoms with Gasteiger partial charge in [0, 0.05) is 13.1 Å². The van der Waals surface area contributed by atoms with Crippen LogP contribution in [0.3, 0.4) is 0 Å². The van der Waals surface area contributed by atoms with E-state index >= 15 is 0 Å². The number of nitrogens with zero attached hydrogens (tertiary/aromatic N) is 1. The third kappa shape index (κ3) is 3.21. The Morgan fingerprint density at radius 1 is 1.12 bits per heavy atom. The Hall–Kier alpha value is -0.0800. The highest BCUT2D eigenvalue weighted by Crippen LogP contribution is 2.31. The summed E-state index contributed by atoms with van der Waals surface area (Å²) < 4.78 is 0. The van der Waals surface area contributed by atoms with Crippen LogP contribution >= 0.6 is 0 Å². The molecular weight excluding hydrogens is 198 g/mol. The Balaban J connectivity index is 1.79. The van der Waals surface area contributed by atoms with Crippen molar-refractivity contribution in [3.8, 4) is 0 Å². The normalized spacial score (nSPS) is 25.7. The van der Waals surface area contributed by atoms with Crippen molar-refractivity contribution in [3.05, 3.63) is 0 Å². The maximum Gasteiger partial charge on any atom is 0.0774 e. The maximum absolute atomic E-state index is 10.5. The minimum absolute atomic E-state index is 0.363. The van der Waals surface area contributed by atoms with Crippen LogP contribution in [-0.4, -0.2) is 35.2 Å². The van der Waals surface area contributed by atoms with Crippen LogP contribution in [0.15, 0.2) is 0 Å². The lowest BCUT2D eigenvalue weighted by atomic mass is 9.82. The predicted molar refractivity (Wildman–Crippen MR) is 67.5 cm³/mol. The first-order valence-corrected chi connectivity index (χ1v) is 7.16. The lowest BCUT2D eigenvalue weighted by molar-refractivity contribution is -0.0303. The van der Waals surface area contributed by atoms with Crippen LogP contribution in [0.25, 0.3) is 0 Å². The third-order valence-electron chi connectivity index (χ3n) is 4.49. The molecule has 0 atom stereocenters. The van der Waals surface area contributed by atoms with E-state index in [4.69, 9.17) is 0 Å². The molecule has 2 fully saturated rings. The van der Waals surface area contributed by atoms with Gasteiger partial charge in [0.25, 0.3) is 0 Å². The second kappa shape index (κ2) is 5.50. The molecule has 0 unspecified atom stereocenters. The fourth-order valence-corrected chi connectivity index (χ4v) is 3.13. The van der Waals surface area contributed by atoms with Gasteiger partial charge in [0.05, 0.1) is 5.60 Å². The molecule has 94 valence electrons. The summed E-state index contributed by atoms with van der Waals surface area (Å²) in [5.41, 5.74) is -0.363. The highest BCUT2D eigenvalue weighted by Gasteiger charge is 2.32. The topological polar surface area (TPSA) is 23.5 Å². The second-order valence-corrected chi connectivity index (χ2v) is 5.91. The van der Waals surface area contributed by atoms with Gasteiger partial charge >= 0.3 is 0 Å². The van der Waals surface area contributed by atoms with Crippen molar-refractivity contribution in [2.45, 2.75) is 63.9 Å². The zero-order valence-corrected chi connectivity index (χ0v) is 10.7. The molecule has 0 radical (unpaired) electrons. The van der Waals surface area contributed by atoms with Gasteiger partial charge < -0.3 is 10.0 Å².